The van der Waals surface area contributed by atoms with Crippen LogP contribution in [0.4, 0.5) is 0 Å². The minimum atomic E-state index is -2.66. The van der Waals surface area contributed by atoms with Crippen molar-refractivity contribution in [2.24, 2.45) is 0 Å². The summed E-state index contributed by atoms with van der Waals surface area (Å²) in [5, 5.41) is 2.27. The Morgan fingerprint density at radius 2 is 0.840 bits per heavy atom. The molecule has 0 unspecified atom stereocenters. The van der Waals surface area contributed by atoms with Gasteiger partial charge in [-0.15, -0.1) is 0 Å². The van der Waals surface area contributed by atoms with Crippen molar-refractivity contribution >= 4 is 18.9 Å². The molecular formula is C22H32O2Si. The number of benzene rings is 2. The van der Waals surface area contributed by atoms with Crippen molar-refractivity contribution in [1.29, 1.82) is 0 Å². The summed E-state index contributed by atoms with van der Waals surface area (Å²) in [6, 6.07) is 17.4. The van der Waals surface area contributed by atoms with Crippen molar-refractivity contribution in [1.82, 2.24) is 0 Å². The molecule has 2 aromatic carbocycles. The topological polar surface area (TPSA) is 18.5 Å². The van der Waals surface area contributed by atoms with Crippen molar-refractivity contribution in [3.8, 4) is 0 Å². The van der Waals surface area contributed by atoms with Gasteiger partial charge in [0.2, 0.25) is 0 Å². The molecule has 0 aliphatic rings. The van der Waals surface area contributed by atoms with E-state index < -0.39 is 8.56 Å². The third-order valence-electron chi connectivity index (χ3n) is 4.84. The molecule has 0 amide bonds. The molecule has 0 fully saturated rings. The molecule has 2 rings (SSSR count). The van der Waals surface area contributed by atoms with Crippen LogP contribution < -0.4 is 10.4 Å². The predicted octanol–water partition coefficient (Wildman–Crippen LogP) is 4.13. The molecule has 2 aromatic rings. The van der Waals surface area contributed by atoms with Gasteiger partial charge in [0.05, 0.1) is 0 Å². The second-order valence-electron chi connectivity index (χ2n) is 8.68. The smallest absolute Gasteiger partial charge is 0.391 e. The zero-order chi connectivity index (χ0) is 18.9. The van der Waals surface area contributed by atoms with Crippen LogP contribution in [-0.2, 0) is 19.7 Å². The summed E-state index contributed by atoms with van der Waals surface area (Å²) < 4.78 is 12.1. The summed E-state index contributed by atoms with van der Waals surface area (Å²) in [6.45, 7) is 13.4. The van der Waals surface area contributed by atoms with Crippen LogP contribution in [0.15, 0.2) is 48.5 Å². The second-order valence-corrected chi connectivity index (χ2v) is 11.9. The fraction of sp³-hybridized carbons (Fsp3) is 0.455. The van der Waals surface area contributed by atoms with Crippen LogP contribution in [0.1, 0.15) is 52.7 Å². The largest absolute Gasteiger partial charge is 0.406 e. The minimum absolute atomic E-state index is 0.136. The molecule has 2 nitrogen and oxygen atoms in total. The summed E-state index contributed by atoms with van der Waals surface area (Å²) in [5.41, 5.74) is 2.90. The molecule has 0 aliphatic heterocycles. The zero-order valence-electron chi connectivity index (χ0n) is 16.9. The first-order valence-electron chi connectivity index (χ1n) is 8.87. The molecular weight excluding hydrogens is 324 g/mol. The average Bonchev–Trinajstić information content (AvgIpc) is 2.56. The maximum Gasteiger partial charge on any atom is 0.406 e. The van der Waals surface area contributed by atoms with Gasteiger partial charge in [-0.2, -0.15) is 0 Å². The average molecular weight is 357 g/mol. The van der Waals surface area contributed by atoms with Crippen molar-refractivity contribution < 1.29 is 8.85 Å². The molecule has 25 heavy (non-hydrogen) atoms. The first-order valence-corrected chi connectivity index (χ1v) is 10.7. The van der Waals surface area contributed by atoms with Crippen LogP contribution in [0.2, 0.25) is 0 Å². The molecule has 0 N–H and O–H groups in total. The normalized spacial score (nSPS) is 13.1. The second kappa shape index (κ2) is 7.06. The highest BCUT2D eigenvalue weighted by Crippen LogP contribution is 2.23. The van der Waals surface area contributed by atoms with Gasteiger partial charge in [0.15, 0.2) is 0 Å². The Morgan fingerprint density at radius 3 is 1.04 bits per heavy atom. The van der Waals surface area contributed by atoms with Crippen molar-refractivity contribution in [3.05, 3.63) is 59.7 Å². The van der Waals surface area contributed by atoms with Gasteiger partial charge < -0.3 is 8.85 Å². The Hall–Kier alpha value is -1.42. The minimum Gasteiger partial charge on any atom is -0.391 e. The first kappa shape index (κ1) is 19.9. The molecule has 3 heteroatoms. The van der Waals surface area contributed by atoms with E-state index in [4.69, 9.17) is 8.85 Å². The van der Waals surface area contributed by atoms with Crippen LogP contribution in [-0.4, -0.2) is 22.8 Å². The highest BCUT2D eigenvalue weighted by atomic mass is 28.4. The summed E-state index contributed by atoms with van der Waals surface area (Å²) in [7, 11) is 0.850. The molecule has 0 bridgehead atoms. The monoisotopic (exact) mass is 356 g/mol. The lowest BCUT2D eigenvalue weighted by Gasteiger charge is -2.30. The molecule has 0 aliphatic carbocycles. The predicted molar refractivity (Wildman–Crippen MR) is 109 cm³/mol. The van der Waals surface area contributed by atoms with E-state index in [0.29, 0.717) is 0 Å². The summed E-state index contributed by atoms with van der Waals surface area (Å²) in [5.74, 6) is 0. The van der Waals surface area contributed by atoms with Crippen LogP contribution in [0, 0.1) is 0 Å². The molecule has 0 aromatic heterocycles. The Kier molecular flexibility index (Phi) is 5.62. The highest BCUT2D eigenvalue weighted by molar-refractivity contribution is 6.92. The van der Waals surface area contributed by atoms with Gasteiger partial charge in [-0.05, 0) is 32.3 Å². The van der Waals surface area contributed by atoms with E-state index in [1.807, 2.05) is 0 Å². The SMILES string of the molecule is CO[Si](OC)(c1ccc(C(C)(C)C)cc1)c1ccc(C(C)(C)C)cc1. The van der Waals surface area contributed by atoms with E-state index in [0.717, 1.165) is 10.4 Å². The lowest BCUT2D eigenvalue weighted by molar-refractivity contribution is 0.272. The highest BCUT2D eigenvalue weighted by Gasteiger charge is 2.41. The lowest BCUT2D eigenvalue weighted by Crippen LogP contribution is -2.62. The number of rotatable bonds is 4. The summed E-state index contributed by atoms with van der Waals surface area (Å²) in [4.78, 5) is 0. The number of hydrogen-bond acceptors (Lipinski definition) is 2. The van der Waals surface area contributed by atoms with Crippen molar-refractivity contribution in [3.63, 3.8) is 0 Å². The van der Waals surface area contributed by atoms with Gasteiger partial charge in [-0.25, -0.2) is 0 Å². The number of hydrogen-bond donors (Lipinski definition) is 0. The van der Waals surface area contributed by atoms with Gasteiger partial charge in [0.25, 0.3) is 0 Å². The van der Waals surface area contributed by atoms with Gasteiger partial charge in [-0.3, -0.25) is 0 Å². The van der Waals surface area contributed by atoms with E-state index in [1.165, 1.54) is 11.1 Å². The van der Waals surface area contributed by atoms with Gasteiger partial charge in [0, 0.05) is 14.2 Å². The van der Waals surface area contributed by atoms with Crippen LogP contribution in [0.3, 0.4) is 0 Å². The Labute approximate surface area is 154 Å². The van der Waals surface area contributed by atoms with E-state index in [2.05, 4.69) is 90.1 Å². The molecule has 136 valence electrons. The Morgan fingerprint density at radius 1 is 0.560 bits per heavy atom. The molecule has 0 saturated carbocycles. The maximum atomic E-state index is 6.03. The molecule has 0 saturated heterocycles. The Bertz CT molecular complexity index is 625. The van der Waals surface area contributed by atoms with Crippen LogP contribution >= 0.6 is 0 Å². The van der Waals surface area contributed by atoms with Crippen LogP contribution in [0.25, 0.3) is 0 Å². The van der Waals surface area contributed by atoms with Gasteiger partial charge in [-0.1, -0.05) is 90.1 Å². The summed E-state index contributed by atoms with van der Waals surface area (Å²) >= 11 is 0. The zero-order valence-corrected chi connectivity index (χ0v) is 17.9. The summed E-state index contributed by atoms with van der Waals surface area (Å²) in [6.07, 6.45) is 0. The first-order chi connectivity index (χ1) is 11.5. The van der Waals surface area contributed by atoms with E-state index in [9.17, 15) is 0 Å². The molecule has 0 radical (unpaired) electrons. The van der Waals surface area contributed by atoms with Crippen molar-refractivity contribution in [2.45, 2.75) is 52.4 Å². The van der Waals surface area contributed by atoms with E-state index >= 15 is 0 Å². The van der Waals surface area contributed by atoms with E-state index in [-0.39, 0.29) is 10.8 Å². The van der Waals surface area contributed by atoms with Crippen LogP contribution in [0.5, 0.6) is 0 Å². The van der Waals surface area contributed by atoms with Crippen molar-refractivity contribution in [2.75, 3.05) is 14.2 Å². The third kappa shape index (κ3) is 4.05. The van der Waals surface area contributed by atoms with Gasteiger partial charge >= 0.3 is 8.56 Å². The third-order valence-corrected chi connectivity index (χ3v) is 8.17. The Balaban J connectivity index is 2.48. The lowest BCUT2D eigenvalue weighted by atomic mass is 9.87. The standard InChI is InChI=1S/C22H32O2Si/c1-21(2,3)17-9-13-19(14-10-17)25(23-7,24-8)20-15-11-18(12-16-20)22(4,5)6/h9-16H,1-8H3. The maximum absolute atomic E-state index is 6.03. The molecule has 0 atom stereocenters. The molecule has 0 heterocycles. The fourth-order valence-corrected chi connectivity index (χ4v) is 5.75. The fourth-order valence-electron chi connectivity index (χ4n) is 3.10. The van der Waals surface area contributed by atoms with Gasteiger partial charge in [0.1, 0.15) is 0 Å². The quantitative estimate of drug-likeness (QED) is 0.767. The van der Waals surface area contributed by atoms with E-state index in [1.54, 1.807) is 14.2 Å². The molecule has 0 spiro atoms.